The quantitative estimate of drug-likeness (QED) is 0.680. The second-order valence-corrected chi connectivity index (χ2v) is 4.44. The standard InChI is InChI=1S/C11H11N3S/c1-3-7-6(2)12-10-8(7)4-5-9-11(10)15-14-13-9/h4-5,14H,3H2,1-2H3. The number of aromatic amines is 1. The van der Waals surface area contributed by atoms with Crippen LogP contribution in [-0.2, 0) is 6.42 Å². The van der Waals surface area contributed by atoms with Crippen molar-refractivity contribution < 1.29 is 0 Å². The van der Waals surface area contributed by atoms with Crippen molar-refractivity contribution in [3.8, 4) is 0 Å². The summed E-state index contributed by atoms with van der Waals surface area (Å²) in [5.41, 5.74) is 4.61. The van der Waals surface area contributed by atoms with Gasteiger partial charge in [-0.05, 0) is 36.5 Å². The van der Waals surface area contributed by atoms with Crippen molar-refractivity contribution in [1.29, 1.82) is 0 Å². The number of aromatic nitrogens is 3. The Labute approximate surface area is 91.3 Å². The van der Waals surface area contributed by atoms with E-state index >= 15 is 0 Å². The number of benzene rings is 1. The van der Waals surface area contributed by atoms with E-state index in [1.165, 1.54) is 10.9 Å². The van der Waals surface area contributed by atoms with Crippen LogP contribution >= 0.6 is 11.5 Å². The Bertz CT molecular complexity index is 636. The zero-order valence-electron chi connectivity index (χ0n) is 8.66. The van der Waals surface area contributed by atoms with Crippen LogP contribution in [0.1, 0.15) is 18.2 Å². The molecule has 0 unspecified atom stereocenters. The molecule has 0 aliphatic heterocycles. The van der Waals surface area contributed by atoms with Crippen molar-refractivity contribution in [3.05, 3.63) is 23.4 Å². The highest BCUT2D eigenvalue weighted by molar-refractivity contribution is 7.14. The molecule has 4 heteroatoms. The molecule has 2 aromatic heterocycles. The van der Waals surface area contributed by atoms with Crippen LogP contribution in [0.2, 0.25) is 0 Å². The number of nitrogens with one attached hydrogen (secondary N) is 1. The predicted octanol–water partition coefficient (Wildman–Crippen LogP) is 3.04. The molecule has 0 radical (unpaired) electrons. The van der Waals surface area contributed by atoms with Crippen molar-refractivity contribution in [3.63, 3.8) is 0 Å². The van der Waals surface area contributed by atoms with E-state index in [0.29, 0.717) is 0 Å². The van der Waals surface area contributed by atoms with E-state index in [1.807, 2.05) is 0 Å². The minimum atomic E-state index is 1.01. The normalized spacial score (nSPS) is 11.6. The summed E-state index contributed by atoms with van der Waals surface area (Å²) in [7, 11) is 0. The van der Waals surface area contributed by atoms with Gasteiger partial charge in [-0.3, -0.25) is 4.98 Å². The van der Waals surface area contributed by atoms with E-state index in [0.717, 1.165) is 27.8 Å². The lowest BCUT2D eigenvalue weighted by Gasteiger charge is -1.94. The van der Waals surface area contributed by atoms with E-state index in [-0.39, 0.29) is 0 Å². The Morgan fingerprint density at radius 2 is 2.27 bits per heavy atom. The van der Waals surface area contributed by atoms with Crippen LogP contribution < -0.4 is 0 Å². The first-order valence-electron chi connectivity index (χ1n) is 5.02. The average Bonchev–Trinajstić information content (AvgIpc) is 2.79. The zero-order valence-corrected chi connectivity index (χ0v) is 9.48. The molecule has 15 heavy (non-hydrogen) atoms. The topological polar surface area (TPSA) is 41.6 Å². The molecule has 0 aliphatic carbocycles. The van der Waals surface area contributed by atoms with Crippen molar-refractivity contribution in [2.24, 2.45) is 0 Å². The number of nitrogens with zero attached hydrogens (tertiary/aromatic N) is 2. The molecule has 0 atom stereocenters. The summed E-state index contributed by atoms with van der Waals surface area (Å²) < 4.78 is 4.09. The van der Waals surface area contributed by atoms with Gasteiger partial charge in [-0.1, -0.05) is 13.0 Å². The van der Waals surface area contributed by atoms with Gasteiger partial charge in [-0.2, -0.15) is 5.10 Å². The first kappa shape index (κ1) is 8.85. The summed E-state index contributed by atoms with van der Waals surface area (Å²) in [4.78, 5) is 4.63. The third-order valence-electron chi connectivity index (χ3n) is 2.82. The van der Waals surface area contributed by atoms with Gasteiger partial charge in [-0.15, -0.1) is 0 Å². The van der Waals surface area contributed by atoms with Crippen LogP contribution in [0.15, 0.2) is 12.1 Å². The summed E-state index contributed by atoms with van der Waals surface area (Å²) in [6, 6.07) is 4.19. The molecule has 0 spiro atoms. The molecule has 1 aromatic carbocycles. The van der Waals surface area contributed by atoms with E-state index in [4.69, 9.17) is 0 Å². The molecule has 0 saturated carbocycles. The van der Waals surface area contributed by atoms with Gasteiger partial charge in [-0.25, -0.2) is 4.49 Å². The van der Waals surface area contributed by atoms with Crippen LogP contribution in [0.3, 0.4) is 0 Å². The Morgan fingerprint density at radius 3 is 3.07 bits per heavy atom. The highest BCUT2D eigenvalue weighted by atomic mass is 32.1. The largest absolute Gasteiger partial charge is 0.251 e. The minimum absolute atomic E-state index is 1.01. The lowest BCUT2D eigenvalue weighted by atomic mass is 10.1. The van der Waals surface area contributed by atoms with Gasteiger partial charge in [0.1, 0.15) is 5.52 Å². The van der Waals surface area contributed by atoms with Crippen LogP contribution in [0, 0.1) is 6.92 Å². The number of rotatable bonds is 1. The molecule has 2 heterocycles. The van der Waals surface area contributed by atoms with Crippen molar-refractivity contribution in [2.45, 2.75) is 20.3 Å². The zero-order chi connectivity index (χ0) is 10.4. The predicted molar refractivity (Wildman–Crippen MR) is 63.4 cm³/mol. The highest BCUT2D eigenvalue weighted by Gasteiger charge is 2.11. The Balaban J connectivity index is 2.54. The fourth-order valence-corrected chi connectivity index (χ4v) is 2.80. The van der Waals surface area contributed by atoms with E-state index in [1.54, 1.807) is 11.5 Å². The molecule has 0 fully saturated rings. The van der Waals surface area contributed by atoms with E-state index in [2.05, 4.69) is 40.6 Å². The number of aryl methyl sites for hydroxylation is 2. The molecular weight excluding hydrogens is 206 g/mol. The fraction of sp³-hybridized carbons (Fsp3) is 0.273. The number of hydrogen-bond acceptors (Lipinski definition) is 3. The lowest BCUT2D eigenvalue weighted by Crippen LogP contribution is -1.79. The molecule has 3 aromatic rings. The molecular formula is C11H11N3S. The van der Waals surface area contributed by atoms with Gasteiger partial charge in [0.05, 0.1) is 10.2 Å². The van der Waals surface area contributed by atoms with Crippen LogP contribution in [-0.4, -0.2) is 14.6 Å². The second-order valence-electron chi connectivity index (χ2n) is 3.64. The van der Waals surface area contributed by atoms with E-state index in [9.17, 15) is 0 Å². The molecule has 0 saturated heterocycles. The summed E-state index contributed by atoms with van der Waals surface area (Å²) in [5.74, 6) is 0. The van der Waals surface area contributed by atoms with Crippen molar-refractivity contribution in [2.75, 3.05) is 0 Å². The number of hydrogen-bond donors (Lipinski definition) is 1. The third-order valence-corrected chi connectivity index (χ3v) is 3.61. The first-order chi connectivity index (χ1) is 7.31. The van der Waals surface area contributed by atoms with Gasteiger partial charge in [0, 0.05) is 11.1 Å². The molecule has 76 valence electrons. The maximum absolute atomic E-state index is 4.63. The molecule has 3 rings (SSSR count). The molecule has 0 amide bonds. The van der Waals surface area contributed by atoms with E-state index < -0.39 is 0 Å². The minimum Gasteiger partial charge on any atom is -0.251 e. The number of fused-ring (bicyclic) bond motifs is 3. The second kappa shape index (κ2) is 3.03. The van der Waals surface area contributed by atoms with Gasteiger partial charge < -0.3 is 0 Å². The number of H-pyrrole nitrogens is 1. The Morgan fingerprint density at radius 1 is 1.40 bits per heavy atom. The Kier molecular flexibility index (Phi) is 1.79. The van der Waals surface area contributed by atoms with Gasteiger partial charge in [0.15, 0.2) is 0 Å². The summed E-state index contributed by atoms with van der Waals surface area (Å²) >= 11 is 1.55. The Hall–Kier alpha value is -1.42. The fourth-order valence-electron chi connectivity index (χ4n) is 2.10. The lowest BCUT2D eigenvalue weighted by molar-refractivity contribution is 1.11. The van der Waals surface area contributed by atoms with Crippen LogP contribution in [0.4, 0.5) is 0 Å². The maximum Gasteiger partial charge on any atom is 0.105 e. The van der Waals surface area contributed by atoms with Gasteiger partial charge >= 0.3 is 0 Å². The van der Waals surface area contributed by atoms with Crippen LogP contribution in [0.25, 0.3) is 21.1 Å². The molecule has 1 N–H and O–H groups in total. The maximum atomic E-state index is 4.63. The summed E-state index contributed by atoms with van der Waals surface area (Å²) in [6.07, 6.45) is 1.04. The monoisotopic (exact) mass is 217 g/mol. The van der Waals surface area contributed by atoms with Crippen molar-refractivity contribution >= 4 is 32.7 Å². The summed E-state index contributed by atoms with van der Waals surface area (Å²) in [6.45, 7) is 4.25. The SMILES string of the molecule is CCc1c(C)nc2c1ccc1n[nH]sc12. The van der Waals surface area contributed by atoms with Crippen molar-refractivity contribution in [1.82, 2.24) is 14.6 Å². The highest BCUT2D eigenvalue weighted by Crippen LogP contribution is 2.30. The summed E-state index contributed by atoms with van der Waals surface area (Å²) in [5, 5.41) is 5.47. The average molecular weight is 217 g/mol. The molecule has 3 nitrogen and oxygen atoms in total. The van der Waals surface area contributed by atoms with Gasteiger partial charge in [0.25, 0.3) is 0 Å². The third kappa shape index (κ3) is 1.11. The molecule has 0 bridgehead atoms. The van der Waals surface area contributed by atoms with Gasteiger partial charge in [0.2, 0.25) is 0 Å². The van der Waals surface area contributed by atoms with Crippen LogP contribution in [0.5, 0.6) is 0 Å². The molecule has 0 aliphatic rings. The smallest absolute Gasteiger partial charge is 0.105 e. The first-order valence-corrected chi connectivity index (χ1v) is 5.84.